The topological polar surface area (TPSA) is 91.2 Å². The van der Waals surface area contributed by atoms with Gasteiger partial charge in [-0.05, 0) is 67.4 Å². The van der Waals surface area contributed by atoms with Crippen molar-refractivity contribution in [1.29, 1.82) is 0 Å². The average Bonchev–Trinajstić information content (AvgIpc) is 3.26. The van der Waals surface area contributed by atoms with Gasteiger partial charge in [0.25, 0.3) is 0 Å². The minimum absolute atomic E-state index is 0.0511. The van der Waals surface area contributed by atoms with E-state index in [4.69, 9.17) is 9.47 Å². The molecule has 0 aliphatic carbocycles. The Bertz CT molecular complexity index is 1170. The summed E-state index contributed by atoms with van der Waals surface area (Å²) in [5.74, 6) is 2.32. The second kappa shape index (κ2) is 9.74. The molecule has 0 saturated carbocycles. The molecule has 0 aliphatic rings. The van der Waals surface area contributed by atoms with E-state index in [9.17, 15) is 4.79 Å². The number of hydrogen-bond acceptors (Lipinski definition) is 6. The number of carbonyl (C=O) groups is 1. The summed E-state index contributed by atoms with van der Waals surface area (Å²) in [4.78, 5) is 12.2. The number of aryl methyl sites for hydroxylation is 2. The van der Waals surface area contributed by atoms with Crippen LogP contribution in [-0.2, 0) is 11.2 Å². The zero-order chi connectivity index (χ0) is 22.3. The number of hydrogen-bond donors (Lipinski definition) is 1. The van der Waals surface area contributed by atoms with E-state index in [0.29, 0.717) is 36.0 Å². The van der Waals surface area contributed by atoms with Gasteiger partial charge in [-0.1, -0.05) is 12.1 Å². The fourth-order valence-corrected chi connectivity index (χ4v) is 3.03. The highest BCUT2D eigenvalue weighted by molar-refractivity contribution is 5.90. The van der Waals surface area contributed by atoms with Crippen LogP contribution >= 0.6 is 0 Å². The van der Waals surface area contributed by atoms with E-state index < -0.39 is 0 Å². The van der Waals surface area contributed by atoms with Crippen molar-refractivity contribution in [2.24, 2.45) is 0 Å². The molecule has 4 aromatic rings. The quantitative estimate of drug-likeness (QED) is 0.448. The predicted molar refractivity (Wildman–Crippen MR) is 120 cm³/mol. The van der Waals surface area contributed by atoms with Crippen molar-refractivity contribution in [3.8, 4) is 23.2 Å². The summed E-state index contributed by atoms with van der Waals surface area (Å²) < 4.78 is 12.5. The largest absolute Gasteiger partial charge is 0.497 e. The standard InChI is InChI=1S/C24H23N5O3/c1-17-15-16-29(28-17)22-12-14-24(27-26-22)32-21-10-6-19(7-11-21)25-23(30)13-5-18-3-8-20(31-2)9-4-18/h3-4,6-12,14-16H,5,13H2,1-2H3,(H,25,30). The van der Waals surface area contributed by atoms with E-state index in [1.165, 1.54) is 0 Å². The summed E-state index contributed by atoms with van der Waals surface area (Å²) in [6, 6.07) is 20.2. The Morgan fingerprint density at radius 2 is 1.69 bits per heavy atom. The van der Waals surface area contributed by atoms with Gasteiger partial charge in [0.1, 0.15) is 11.5 Å². The van der Waals surface area contributed by atoms with Crippen LogP contribution in [0.4, 0.5) is 5.69 Å². The Morgan fingerprint density at radius 3 is 2.31 bits per heavy atom. The summed E-state index contributed by atoms with van der Waals surface area (Å²) >= 11 is 0. The van der Waals surface area contributed by atoms with Crippen LogP contribution in [0.15, 0.2) is 72.9 Å². The van der Waals surface area contributed by atoms with Gasteiger partial charge in [0, 0.05) is 24.4 Å². The van der Waals surface area contributed by atoms with Crippen LogP contribution in [0, 0.1) is 6.92 Å². The van der Waals surface area contributed by atoms with Crippen molar-refractivity contribution >= 4 is 11.6 Å². The SMILES string of the molecule is COc1ccc(CCC(=O)Nc2ccc(Oc3ccc(-n4ccc(C)n4)nn3)cc2)cc1. The van der Waals surface area contributed by atoms with Gasteiger partial charge in [0.15, 0.2) is 5.82 Å². The van der Waals surface area contributed by atoms with Gasteiger partial charge in [-0.15, -0.1) is 10.2 Å². The molecular weight excluding hydrogens is 406 g/mol. The van der Waals surface area contributed by atoms with Crippen molar-refractivity contribution in [3.63, 3.8) is 0 Å². The zero-order valence-electron chi connectivity index (χ0n) is 17.9. The molecule has 2 heterocycles. The average molecular weight is 429 g/mol. The summed E-state index contributed by atoms with van der Waals surface area (Å²) in [5.41, 5.74) is 2.69. The molecule has 0 radical (unpaired) electrons. The van der Waals surface area contributed by atoms with E-state index in [1.54, 1.807) is 48.2 Å². The first kappa shape index (κ1) is 21.0. The molecular formula is C24H23N5O3. The summed E-state index contributed by atoms with van der Waals surface area (Å²) in [5, 5.41) is 15.4. The van der Waals surface area contributed by atoms with Crippen molar-refractivity contribution in [3.05, 3.63) is 84.2 Å². The maximum absolute atomic E-state index is 12.2. The molecule has 2 aromatic carbocycles. The number of methoxy groups -OCH3 is 1. The van der Waals surface area contributed by atoms with Gasteiger partial charge < -0.3 is 14.8 Å². The maximum Gasteiger partial charge on any atom is 0.238 e. The highest BCUT2D eigenvalue weighted by atomic mass is 16.5. The molecule has 8 heteroatoms. The third kappa shape index (κ3) is 5.48. The molecule has 0 aliphatic heterocycles. The second-order valence-electron chi connectivity index (χ2n) is 7.15. The van der Waals surface area contributed by atoms with Crippen LogP contribution in [0.2, 0.25) is 0 Å². The Morgan fingerprint density at radius 1 is 0.938 bits per heavy atom. The normalized spacial score (nSPS) is 10.6. The monoisotopic (exact) mass is 429 g/mol. The minimum atomic E-state index is -0.0511. The number of nitrogens with zero attached hydrogens (tertiary/aromatic N) is 4. The Balaban J connectivity index is 1.28. The molecule has 0 spiro atoms. The van der Waals surface area contributed by atoms with E-state index in [-0.39, 0.29) is 5.91 Å². The number of benzene rings is 2. The second-order valence-corrected chi connectivity index (χ2v) is 7.15. The number of nitrogens with one attached hydrogen (secondary N) is 1. The van der Waals surface area contributed by atoms with Crippen LogP contribution < -0.4 is 14.8 Å². The molecule has 32 heavy (non-hydrogen) atoms. The first-order valence-corrected chi connectivity index (χ1v) is 10.2. The molecule has 2 aromatic heterocycles. The van der Waals surface area contributed by atoms with Gasteiger partial charge in [0.2, 0.25) is 11.8 Å². The predicted octanol–water partition coefficient (Wildman–Crippen LogP) is 4.34. The molecule has 1 N–H and O–H groups in total. The number of aromatic nitrogens is 4. The highest BCUT2D eigenvalue weighted by Gasteiger charge is 2.06. The Labute approximate surface area is 185 Å². The molecule has 1 amide bonds. The number of ether oxygens (including phenoxy) is 2. The van der Waals surface area contributed by atoms with Crippen LogP contribution in [0.3, 0.4) is 0 Å². The van der Waals surface area contributed by atoms with Crippen LogP contribution in [0.1, 0.15) is 17.7 Å². The van der Waals surface area contributed by atoms with E-state index in [0.717, 1.165) is 17.0 Å². The first-order chi connectivity index (χ1) is 15.6. The molecule has 0 atom stereocenters. The molecule has 0 unspecified atom stereocenters. The molecule has 0 saturated heterocycles. The molecule has 0 bridgehead atoms. The van der Waals surface area contributed by atoms with Crippen molar-refractivity contribution in [2.45, 2.75) is 19.8 Å². The van der Waals surface area contributed by atoms with Crippen molar-refractivity contribution < 1.29 is 14.3 Å². The van der Waals surface area contributed by atoms with Crippen LogP contribution in [0.25, 0.3) is 5.82 Å². The lowest BCUT2D eigenvalue weighted by molar-refractivity contribution is -0.116. The lowest BCUT2D eigenvalue weighted by Gasteiger charge is -2.08. The van der Waals surface area contributed by atoms with E-state index in [1.807, 2.05) is 43.5 Å². The molecule has 8 nitrogen and oxygen atoms in total. The fourth-order valence-electron chi connectivity index (χ4n) is 3.03. The third-order valence-corrected chi connectivity index (χ3v) is 4.74. The molecule has 4 rings (SSSR count). The van der Waals surface area contributed by atoms with Gasteiger partial charge in [-0.25, -0.2) is 4.68 Å². The van der Waals surface area contributed by atoms with E-state index in [2.05, 4.69) is 20.6 Å². The Hall–Kier alpha value is -4.20. The van der Waals surface area contributed by atoms with Crippen LogP contribution in [-0.4, -0.2) is 33.0 Å². The van der Waals surface area contributed by atoms with Gasteiger partial charge in [-0.2, -0.15) is 5.10 Å². The molecule has 0 fully saturated rings. The summed E-state index contributed by atoms with van der Waals surface area (Å²) in [6.07, 6.45) is 2.87. The number of amides is 1. The van der Waals surface area contributed by atoms with E-state index >= 15 is 0 Å². The Kier molecular flexibility index (Phi) is 6.41. The van der Waals surface area contributed by atoms with Crippen molar-refractivity contribution in [1.82, 2.24) is 20.0 Å². The third-order valence-electron chi connectivity index (χ3n) is 4.74. The summed E-state index contributed by atoms with van der Waals surface area (Å²) in [6.45, 7) is 1.91. The van der Waals surface area contributed by atoms with Gasteiger partial charge in [0.05, 0.1) is 12.8 Å². The zero-order valence-corrected chi connectivity index (χ0v) is 17.9. The maximum atomic E-state index is 12.2. The molecule has 162 valence electrons. The highest BCUT2D eigenvalue weighted by Crippen LogP contribution is 2.22. The summed E-state index contributed by atoms with van der Waals surface area (Å²) in [7, 11) is 1.63. The van der Waals surface area contributed by atoms with Crippen LogP contribution in [0.5, 0.6) is 17.4 Å². The number of rotatable bonds is 8. The lowest BCUT2D eigenvalue weighted by atomic mass is 10.1. The smallest absolute Gasteiger partial charge is 0.238 e. The lowest BCUT2D eigenvalue weighted by Crippen LogP contribution is -2.12. The first-order valence-electron chi connectivity index (χ1n) is 10.2. The van der Waals surface area contributed by atoms with Gasteiger partial charge in [-0.3, -0.25) is 4.79 Å². The van der Waals surface area contributed by atoms with Gasteiger partial charge >= 0.3 is 0 Å². The number of carbonyl (C=O) groups excluding carboxylic acids is 1. The number of anilines is 1. The fraction of sp³-hybridized carbons (Fsp3) is 0.167. The van der Waals surface area contributed by atoms with Crippen molar-refractivity contribution in [2.75, 3.05) is 12.4 Å². The minimum Gasteiger partial charge on any atom is -0.497 e.